The number of carbonyl (C=O) groups is 1. The molecule has 6 nitrogen and oxygen atoms in total. The molecule has 1 amide bonds. The van der Waals surface area contributed by atoms with Crippen LogP contribution in [0.25, 0.3) is 16.7 Å². The zero-order chi connectivity index (χ0) is 24.6. The molecule has 2 bridgehead atoms. The molecule has 1 aromatic heterocycles. The van der Waals surface area contributed by atoms with E-state index in [1.165, 1.54) is 24.3 Å². The van der Waals surface area contributed by atoms with E-state index in [4.69, 9.17) is 9.47 Å². The Morgan fingerprint density at radius 3 is 2.58 bits per heavy atom. The SMILES string of the molecule is O=C(Nc1ccc(-c2ccccc2F)c(F)c1)C1=C(c2ccnn2C2CCOCC2)[C@@H]2CC[C@H](C1)O2. The molecule has 3 aromatic rings. The van der Waals surface area contributed by atoms with Crippen molar-refractivity contribution in [2.24, 2.45) is 0 Å². The quantitative estimate of drug-likeness (QED) is 0.510. The summed E-state index contributed by atoms with van der Waals surface area (Å²) in [6.45, 7) is 1.37. The van der Waals surface area contributed by atoms with Crippen LogP contribution < -0.4 is 5.32 Å². The molecule has 0 aliphatic carbocycles. The fraction of sp³-hybridized carbons (Fsp3) is 0.357. The molecule has 3 aliphatic heterocycles. The van der Waals surface area contributed by atoms with Crippen LogP contribution in [0.2, 0.25) is 0 Å². The zero-order valence-electron chi connectivity index (χ0n) is 19.8. The van der Waals surface area contributed by atoms with Gasteiger partial charge in [-0.2, -0.15) is 5.10 Å². The molecule has 1 N–H and O–H groups in total. The number of rotatable bonds is 5. The van der Waals surface area contributed by atoms with E-state index in [2.05, 4.69) is 10.4 Å². The normalized spacial score (nSPS) is 22.2. The van der Waals surface area contributed by atoms with Gasteiger partial charge in [-0.3, -0.25) is 9.48 Å². The second kappa shape index (κ2) is 9.59. The van der Waals surface area contributed by atoms with E-state index in [9.17, 15) is 13.6 Å². The van der Waals surface area contributed by atoms with Crippen LogP contribution in [0.1, 0.15) is 43.8 Å². The molecule has 36 heavy (non-hydrogen) atoms. The number of hydrogen-bond acceptors (Lipinski definition) is 4. The Labute approximate surface area is 207 Å². The number of aromatic nitrogens is 2. The molecule has 3 aliphatic rings. The van der Waals surface area contributed by atoms with Crippen LogP contribution >= 0.6 is 0 Å². The van der Waals surface area contributed by atoms with Gasteiger partial charge in [0, 0.05) is 53.8 Å². The molecule has 0 spiro atoms. The van der Waals surface area contributed by atoms with E-state index in [-0.39, 0.29) is 35.3 Å². The Bertz CT molecular complexity index is 1330. The van der Waals surface area contributed by atoms with Crippen LogP contribution in [-0.4, -0.2) is 41.1 Å². The molecule has 2 aromatic carbocycles. The minimum atomic E-state index is -0.600. The smallest absolute Gasteiger partial charge is 0.252 e. The number of nitrogens with zero attached hydrogens (tertiary/aromatic N) is 2. The van der Waals surface area contributed by atoms with Crippen molar-refractivity contribution < 1.29 is 23.0 Å². The third kappa shape index (κ3) is 4.24. The van der Waals surface area contributed by atoms with Crippen LogP contribution in [0.3, 0.4) is 0 Å². The highest BCUT2D eigenvalue weighted by atomic mass is 19.1. The lowest BCUT2D eigenvalue weighted by atomic mass is 9.94. The average molecular weight is 492 g/mol. The largest absolute Gasteiger partial charge is 0.381 e. The monoisotopic (exact) mass is 491 g/mol. The molecule has 2 atom stereocenters. The number of nitrogens with one attached hydrogen (secondary N) is 1. The van der Waals surface area contributed by atoms with E-state index in [1.807, 2.05) is 10.7 Å². The van der Waals surface area contributed by atoms with Gasteiger partial charge in [-0.15, -0.1) is 0 Å². The third-order valence-electron chi connectivity index (χ3n) is 7.33. The maximum absolute atomic E-state index is 14.9. The summed E-state index contributed by atoms with van der Waals surface area (Å²) in [5, 5.41) is 7.46. The van der Waals surface area contributed by atoms with Crippen LogP contribution in [-0.2, 0) is 14.3 Å². The molecule has 0 unspecified atom stereocenters. The first-order valence-electron chi connectivity index (χ1n) is 12.4. The molecule has 8 heteroatoms. The summed E-state index contributed by atoms with van der Waals surface area (Å²) in [7, 11) is 0. The van der Waals surface area contributed by atoms with Gasteiger partial charge in [-0.25, -0.2) is 8.78 Å². The van der Waals surface area contributed by atoms with Crippen molar-refractivity contribution in [2.75, 3.05) is 18.5 Å². The molecule has 6 rings (SSSR count). The second-order valence-electron chi connectivity index (χ2n) is 9.55. The Hall–Kier alpha value is -3.36. The summed E-state index contributed by atoms with van der Waals surface area (Å²) in [5.41, 5.74) is 3.07. The number of ether oxygens (including phenoxy) is 2. The predicted octanol–water partition coefficient (Wildman–Crippen LogP) is 5.52. The van der Waals surface area contributed by atoms with Crippen LogP contribution in [0.15, 0.2) is 60.3 Å². The predicted molar refractivity (Wildman–Crippen MR) is 131 cm³/mol. The molecule has 0 saturated carbocycles. The van der Waals surface area contributed by atoms with E-state index < -0.39 is 11.6 Å². The highest BCUT2D eigenvalue weighted by Crippen LogP contribution is 2.42. The van der Waals surface area contributed by atoms with Gasteiger partial charge in [0.05, 0.1) is 23.9 Å². The lowest BCUT2D eigenvalue weighted by Gasteiger charge is -2.30. The van der Waals surface area contributed by atoms with E-state index in [0.717, 1.165) is 37.0 Å². The first kappa shape index (κ1) is 23.1. The molecule has 2 saturated heterocycles. The lowest BCUT2D eigenvalue weighted by molar-refractivity contribution is -0.113. The van der Waals surface area contributed by atoms with Crippen molar-refractivity contribution in [3.63, 3.8) is 0 Å². The maximum Gasteiger partial charge on any atom is 0.252 e. The number of fused-ring (bicyclic) bond motifs is 2. The number of benzene rings is 2. The van der Waals surface area contributed by atoms with E-state index >= 15 is 0 Å². The zero-order valence-corrected chi connectivity index (χ0v) is 19.8. The van der Waals surface area contributed by atoms with Gasteiger partial charge < -0.3 is 14.8 Å². The first-order valence-corrected chi connectivity index (χ1v) is 12.4. The topological polar surface area (TPSA) is 65.4 Å². The van der Waals surface area contributed by atoms with Crippen molar-refractivity contribution in [1.29, 1.82) is 0 Å². The van der Waals surface area contributed by atoms with Gasteiger partial charge in [-0.05, 0) is 56.0 Å². The Morgan fingerprint density at radius 2 is 1.78 bits per heavy atom. The van der Waals surface area contributed by atoms with Gasteiger partial charge in [-0.1, -0.05) is 18.2 Å². The van der Waals surface area contributed by atoms with Crippen molar-refractivity contribution in [3.05, 3.63) is 77.6 Å². The summed E-state index contributed by atoms with van der Waals surface area (Å²) in [6.07, 6.45) is 5.57. The number of anilines is 1. The molecule has 4 heterocycles. The molecular formula is C28H27F2N3O3. The summed E-state index contributed by atoms with van der Waals surface area (Å²) in [4.78, 5) is 13.5. The minimum Gasteiger partial charge on any atom is -0.381 e. The Kier molecular flexibility index (Phi) is 6.15. The minimum absolute atomic E-state index is 0.000815. The van der Waals surface area contributed by atoms with Crippen molar-refractivity contribution in [1.82, 2.24) is 9.78 Å². The number of halogens is 2. The van der Waals surface area contributed by atoms with Crippen LogP contribution in [0.5, 0.6) is 0 Å². The third-order valence-corrected chi connectivity index (χ3v) is 7.33. The lowest BCUT2D eigenvalue weighted by Crippen LogP contribution is -2.30. The van der Waals surface area contributed by atoms with Gasteiger partial charge >= 0.3 is 0 Å². The first-order chi connectivity index (χ1) is 17.6. The number of amides is 1. The van der Waals surface area contributed by atoms with E-state index in [1.54, 1.807) is 24.4 Å². The highest BCUT2D eigenvalue weighted by Gasteiger charge is 2.40. The number of hydrogen-bond donors (Lipinski definition) is 1. The van der Waals surface area contributed by atoms with Gasteiger partial charge in [0.1, 0.15) is 11.6 Å². The Morgan fingerprint density at radius 1 is 0.972 bits per heavy atom. The van der Waals surface area contributed by atoms with E-state index in [0.29, 0.717) is 30.9 Å². The van der Waals surface area contributed by atoms with Crippen molar-refractivity contribution >= 4 is 17.2 Å². The fourth-order valence-electron chi connectivity index (χ4n) is 5.58. The fourth-order valence-corrected chi connectivity index (χ4v) is 5.58. The van der Waals surface area contributed by atoms with Crippen molar-refractivity contribution in [2.45, 2.75) is 50.4 Å². The molecule has 186 valence electrons. The average Bonchev–Trinajstić information content (AvgIpc) is 3.53. The van der Waals surface area contributed by atoms with Crippen molar-refractivity contribution in [3.8, 4) is 11.1 Å². The maximum atomic E-state index is 14.9. The van der Waals surface area contributed by atoms with Gasteiger partial charge in [0.2, 0.25) is 0 Å². The second-order valence-corrected chi connectivity index (χ2v) is 9.55. The summed E-state index contributed by atoms with van der Waals surface area (Å²) in [6, 6.07) is 12.5. The van der Waals surface area contributed by atoms with Gasteiger partial charge in [0.15, 0.2) is 0 Å². The molecular weight excluding hydrogens is 464 g/mol. The Balaban J connectivity index is 1.32. The molecule has 0 radical (unpaired) electrons. The standard InChI is InChI=1S/C28H27F2N3O3/c29-23-4-2-1-3-20(23)21-7-5-17(15-24(21)30)32-28(34)22-16-19-6-8-26(36-19)27(22)25-9-12-31-33(25)18-10-13-35-14-11-18/h1-5,7,9,12,15,18-19,26H,6,8,10-11,13-14,16H2,(H,32,34)/t19-,26+/m1/s1. The van der Waals surface area contributed by atoms with Gasteiger partial charge in [0.25, 0.3) is 5.91 Å². The van der Waals surface area contributed by atoms with Crippen LogP contribution in [0, 0.1) is 11.6 Å². The highest BCUT2D eigenvalue weighted by molar-refractivity contribution is 6.09. The van der Waals surface area contributed by atoms with Crippen LogP contribution in [0.4, 0.5) is 14.5 Å². The number of carbonyl (C=O) groups excluding carboxylic acids is 1. The molecule has 2 fully saturated rings. The summed E-state index contributed by atoms with van der Waals surface area (Å²) >= 11 is 0. The summed E-state index contributed by atoms with van der Waals surface area (Å²) < 4.78 is 42.8. The summed E-state index contributed by atoms with van der Waals surface area (Å²) in [5.74, 6) is -1.37.